The molecule has 3 aromatic carbocycles. The van der Waals surface area contributed by atoms with E-state index in [0.717, 1.165) is 0 Å². The van der Waals surface area contributed by atoms with Crippen molar-refractivity contribution in [1.82, 2.24) is 4.90 Å². The summed E-state index contributed by atoms with van der Waals surface area (Å²) >= 11 is 6.29. The lowest BCUT2D eigenvalue weighted by Crippen LogP contribution is -2.47. The molecule has 0 spiro atoms. The Morgan fingerprint density at radius 1 is 1.00 bits per heavy atom. The average molecular weight is 598 g/mol. The Bertz CT molecular complexity index is 1920. The predicted molar refractivity (Wildman–Crippen MR) is 147 cm³/mol. The minimum Gasteiger partial charge on any atom is -0.506 e. The van der Waals surface area contributed by atoms with Crippen molar-refractivity contribution in [1.29, 1.82) is 0 Å². The molecule has 218 valence electrons. The minimum atomic E-state index is -1.31. The third kappa shape index (κ3) is 3.21. The van der Waals surface area contributed by atoms with Crippen LogP contribution < -0.4 is 14.9 Å². The zero-order valence-corrected chi connectivity index (χ0v) is 23.4. The van der Waals surface area contributed by atoms with Gasteiger partial charge in [0.1, 0.15) is 35.2 Å². The summed E-state index contributed by atoms with van der Waals surface area (Å²) in [6.07, 6.45) is -4.10. The van der Waals surface area contributed by atoms with Gasteiger partial charge in [0.05, 0.1) is 23.1 Å². The van der Waals surface area contributed by atoms with Gasteiger partial charge in [0, 0.05) is 43.5 Å². The number of benzene rings is 3. The first-order valence-electron chi connectivity index (χ1n) is 12.8. The van der Waals surface area contributed by atoms with Crippen LogP contribution in [0.25, 0.3) is 33.1 Å². The highest BCUT2D eigenvalue weighted by Gasteiger charge is 2.48. The van der Waals surface area contributed by atoms with E-state index in [9.17, 15) is 24.9 Å². The maximum Gasteiger partial charge on any atom is 0.259 e. The summed E-state index contributed by atoms with van der Waals surface area (Å²) in [7, 11) is 5.61. The van der Waals surface area contributed by atoms with E-state index < -0.39 is 47.4 Å². The zero-order valence-electron chi connectivity index (χ0n) is 22.7. The van der Waals surface area contributed by atoms with Crippen LogP contribution >= 0.6 is 11.6 Å². The molecule has 13 heteroatoms. The lowest BCUT2D eigenvalue weighted by atomic mass is 9.76. The zero-order chi connectivity index (χ0) is 29.8. The molecule has 1 aromatic heterocycles. The average Bonchev–Trinajstić information content (AvgIpc) is 2.98. The van der Waals surface area contributed by atoms with Crippen LogP contribution in [0, 0.1) is 0 Å². The molecule has 3 N–H and O–H groups in total. The first kappa shape index (κ1) is 26.8. The number of rotatable bonds is 3. The van der Waals surface area contributed by atoms with E-state index in [-0.39, 0.29) is 73.1 Å². The van der Waals surface area contributed by atoms with E-state index >= 15 is 0 Å². The van der Waals surface area contributed by atoms with Crippen molar-refractivity contribution >= 4 is 39.4 Å². The van der Waals surface area contributed by atoms with Crippen molar-refractivity contribution in [2.75, 3.05) is 35.2 Å². The van der Waals surface area contributed by atoms with Crippen LogP contribution in [-0.4, -0.2) is 67.5 Å². The van der Waals surface area contributed by atoms with Gasteiger partial charge in [-0.05, 0) is 23.8 Å². The Labute approximate surface area is 242 Å². The maximum absolute atomic E-state index is 13.9. The molecule has 4 aromatic rings. The van der Waals surface area contributed by atoms with Crippen LogP contribution in [0.2, 0.25) is 5.02 Å². The van der Waals surface area contributed by atoms with Gasteiger partial charge in [0.2, 0.25) is 5.43 Å². The second-order valence-electron chi connectivity index (χ2n) is 10.2. The summed E-state index contributed by atoms with van der Waals surface area (Å²) < 4.78 is 34.6. The highest BCUT2D eigenvalue weighted by atomic mass is 35.5. The number of nitrogens with zero attached hydrogens (tertiary/aromatic N) is 1. The Morgan fingerprint density at radius 2 is 1.76 bits per heavy atom. The molecule has 1 amide bonds. The fourth-order valence-electron chi connectivity index (χ4n) is 6.43. The molecule has 3 aliphatic rings. The van der Waals surface area contributed by atoms with Gasteiger partial charge in [-0.3, -0.25) is 9.59 Å². The van der Waals surface area contributed by atoms with E-state index in [1.165, 1.54) is 51.5 Å². The summed E-state index contributed by atoms with van der Waals surface area (Å²) in [5, 5.41) is 34.7. The molecule has 4 atom stereocenters. The molecule has 3 heterocycles. The lowest BCUT2D eigenvalue weighted by Gasteiger charge is -2.41. The first-order valence-corrected chi connectivity index (χ1v) is 13.2. The van der Waals surface area contributed by atoms with Crippen LogP contribution in [0.1, 0.15) is 45.4 Å². The van der Waals surface area contributed by atoms with Crippen LogP contribution in [-0.2, 0) is 14.2 Å². The van der Waals surface area contributed by atoms with E-state index in [1.807, 2.05) is 0 Å². The number of hydrogen-bond donors (Lipinski definition) is 3. The normalized spacial score (nSPS) is 22.5. The lowest BCUT2D eigenvalue weighted by molar-refractivity contribution is -0.121. The molecule has 12 nitrogen and oxygen atoms in total. The number of ether oxygens (including phenoxy) is 5. The van der Waals surface area contributed by atoms with Crippen LogP contribution in [0.3, 0.4) is 0 Å². The van der Waals surface area contributed by atoms with Crippen molar-refractivity contribution in [2.45, 2.75) is 24.5 Å². The van der Waals surface area contributed by atoms with E-state index in [1.54, 1.807) is 0 Å². The molecule has 4 unspecified atom stereocenters. The van der Waals surface area contributed by atoms with Crippen molar-refractivity contribution in [3.8, 4) is 34.1 Å². The van der Waals surface area contributed by atoms with Gasteiger partial charge in [0.15, 0.2) is 35.7 Å². The molecule has 0 radical (unpaired) electrons. The molecule has 42 heavy (non-hydrogen) atoms. The number of phenolic OH excluding ortho intramolecular Hbond substituents is 2. The largest absolute Gasteiger partial charge is 0.506 e. The number of fused-ring (bicyclic) bond motifs is 6. The van der Waals surface area contributed by atoms with Gasteiger partial charge >= 0.3 is 0 Å². The van der Waals surface area contributed by atoms with Crippen molar-refractivity contribution in [3.05, 3.63) is 55.7 Å². The number of hydrogen-bond acceptors (Lipinski definition) is 11. The number of halogens is 1. The highest BCUT2D eigenvalue weighted by molar-refractivity contribution is 6.33. The molecule has 0 saturated carbocycles. The number of aliphatic hydroxyl groups is 1. The molecule has 0 bridgehead atoms. The molecule has 7 rings (SSSR count). The summed E-state index contributed by atoms with van der Waals surface area (Å²) in [5.74, 6) is -1.45. The highest BCUT2D eigenvalue weighted by Crippen LogP contribution is 2.61. The third-order valence-corrected chi connectivity index (χ3v) is 8.59. The van der Waals surface area contributed by atoms with E-state index in [4.69, 9.17) is 39.7 Å². The Morgan fingerprint density at radius 3 is 2.45 bits per heavy atom. The Hall–Kier alpha value is -4.07. The maximum atomic E-state index is 13.9. The van der Waals surface area contributed by atoms with Crippen molar-refractivity contribution in [2.24, 2.45) is 0 Å². The number of aromatic hydroxyl groups is 2. The standard InChI is InChI=1S/C29H24ClNO11/c1-31-28(36)14-10(19(33)29(31)39-4)7-11-13(20(14)34)15-16-25(22(11)37-2)40-8-41-26(16)27-17(21(15)35)18(32)9-5-6-12(30)24(38-3)23(9)42-27/h5-7,19,22,25,29,33-35H,8H2,1-4H3. The quantitative estimate of drug-likeness (QED) is 0.294. The number of phenols is 2. The van der Waals surface area contributed by atoms with E-state index in [0.29, 0.717) is 5.56 Å². The SMILES string of the molecule is COc1c(Cl)ccc2c(=O)c3c(O)c4c5c(c3oc12)OCOC5C(OC)c1cc2c(c(O)c1-4)C(=O)N(C)C(OC)C2O. The topological polar surface area (TPSA) is 157 Å². The minimum absolute atomic E-state index is 0.0113. The monoisotopic (exact) mass is 597 g/mol. The van der Waals surface area contributed by atoms with Crippen LogP contribution in [0.4, 0.5) is 0 Å². The summed E-state index contributed by atoms with van der Waals surface area (Å²) in [5.41, 5.74) is -0.0907. The Balaban J connectivity index is 1.65. The number of amides is 1. The second-order valence-corrected chi connectivity index (χ2v) is 10.6. The number of carbonyl (C=O) groups excluding carboxylic acids is 1. The number of likely N-dealkylation sites (N-methyl/N-ethyl adjacent to an activating group) is 1. The van der Waals surface area contributed by atoms with Gasteiger partial charge in [-0.2, -0.15) is 0 Å². The summed E-state index contributed by atoms with van der Waals surface area (Å²) in [6.45, 7) is -0.255. The number of methoxy groups -OCH3 is 3. The number of carbonyl (C=O) groups is 1. The van der Waals surface area contributed by atoms with Gasteiger partial charge < -0.3 is 48.3 Å². The first-order chi connectivity index (χ1) is 20.2. The molecule has 0 fully saturated rings. The van der Waals surface area contributed by atoms with Crippen molar-refractivity contribution in [3.63, 3.8) is 0 Å². The molecular weight excluding hydrogens is 574 g/mol. The summed E-state index contributed by atoms with van der Waals surface area (Å²) in [4.78, 5) is 28.5. The van der Waals surface area contributed by atoms with Gasteiger partial charge in [0.25, 0.3) is 5.91 Å². The fraction of sp³-hybridized carbons (Fsp3) is 0.310. The van der Waals surface area contributed by atoms with Crippen LogP contribution in [0.5, 0.6) is 23.0 Å². The second kappa shape index (κ2) is 9.21. The molecule has 0 saturated heterocycles. The third-order valence-electron chi connectivity index (χ3n) is 8.29. The van der Waals surface area contributed by atoms with Crippen LogP contribution in [0.15, 0.2) is 27.4 Å². The van der Waals surface area contributed by atoms with Gasteiger partial charge in [-0.25, -0.2) is 0 Å². The fourth-order valence-corrected chi connectivity index (χ4v) is 6.66. The van der Waals surface area contributed by atoms with Crippen molar-refractivity contribution < 1.29 is 48.2 Å². The molecule has 1 aliphatic carbocycles. The predicted octanol–water partition coefficient (Wildman–Crippen LogP) is 3.89. The van der Waals surface area contributed by atoms with Gasteiger partial charge in [-0.1, -0.05) is 11.6 Å². The van der Waals surface area contributed by atoms with Gasteiger partial charge in [-0.15, -0.1) is 0 Å². The van der Waals surface area contributed by atoms with E-state index in [2.05, 4.69) is 0 Å². The smallest absolute Gasteiger partial charge is 0.259 e. The molecular formula is C29H24ClNO11. The number of aliphatic hydroxyl groups excluding tert-OH is 1. The Kier molecular flexibility index (Phi) is 5.88. The molecule has 2 aliphatic heterocycles. The summed E-state index contributed by atoms with van der Waals surface area (Å²) in [6, 6.07) is 4.46.